The van der Waals surface area contributed by atoms with Crippen LogP contribution in [0.15, 0.2) is 17.7 Å². The fourth-order valence-electron chi connectivity index (χ4n) is 2.34. The highest BCUT2D eigenvalue weighted by Gasteiger charge is 2.52. The number of hydrogen-bond acceptors (Lipinski definition) is 5. The van der Waals surface area contributed by atoms with E-state index >= 15 is 0 Å². The molecule has 1 amide bonds. The number of anilines is 1. The summed E-state index contributed by atoms with van der Waals surface area (Å²) in [5, 5.41) is 2.80. The number of rotatable bonds is 4. The van der Waals surface area contributed by atoms with Crippen molar-refractivity contribution >= 4 is 24.9 Å². The quantitative estimate of drug-likeness (QED) is 0.826. The summed E-state index contributed by atoms with van der Waals surface area (Å²) in [6.45, 7) is 11.7. The molecule has 0 spiro atoms. The first-order chi connectivity index (χ1) is 11.0. The second-order valence-corrected chi connectivity index (χ2v) is 7.20. The van der Waals surface area contributed by atoms with Gasteiger partial charge < -0.3 is 20.4 Å². The van der Waals surface area contributed by atoms with Gasteiger partial charge in [0.25, 0.3) is 0 Å². The Morgan fingerprint density at radius 3 is 2.46 bits per heavy atom. The first kappa shape index (κ1) is 18.5. The highest BCUT2D eigenvalue weighted by molar-refractivity contribution is 6.56. The smallest absolute Gasteiger partial charge is 0.400 e. The summed E-state index contributed by atoms with van der Waals surface area (Å²) in [6.07, 6.45) is 3.60. The van der Waals surface area contributed by atoms with Crippen LogP contribution in [0.3, 0.4) is 0 Å². The molecule has 0 bridgehead atoms. The molecule has 3 N–H and O–H groups in total. The zero-order valence-electron chi connectivity index (χ0n) is 15.3. The third kappa shape index (κ3) is 3.97. The largest absolute Gasteiger partial charge is 0.492 e. The van der Waals surface area contributed by atoms with Crippen LogP contribution in [0.2, 0.25) is 0 Å². The molecular weight excluding hydrogens is 305 g/mol. The fourth-order valence-corrected chi connectivity index (χ4v) is 2.34. The molecule has 0 unspecified atom stereocenters. The summed E-state index contributed by atoms with van der Waals surface area (Å²) >= 11 is 0. The van der Waals surface area contributed by atoms with Gasteiger partial charge in [0.1, 0.15) is 5.82 Å². The van der Waals surface area contributed by atoms with Crippen LogP contribution in [0, 0.1) is 6.92 Å². The Balaban J connectivity index is 2.37. The first-order valence-electron chi connectivity index (χ1n) is 8.04. The Morgan fingerprint density at radius 2 is 1.92 bits per heavy atom. The lowest BCUT2D eigenvalue weighted by Gasteiger charge is -2.32. The lowest BCUT2D eigenvalue weighted by Crippen LogP contribution is -2.41. The van der Waals surface area contributed by atoms with E-state index in [2.05, 4.69) is 10.3 Å². The number of nitrogens with two attached hydrogens (primary N) is 1. The van der Waals surface area contributed by atoms with Crippen molar-refractivity contribution in [3.05, 3.63) is 28.9 Å². The molecule has 1 aliphatic heterocycles. The van der Waals surface area contributed by atoms with E-state index in [1.807, 2.05) is 46.8 Å². The van der Waals surface area contributed by atoms with E-state index < -0.39 is 18.3 Å². The number of aryl methyl sites for hydroxylation is 1. The maximum absolute atomic E-state index is 11.3. The van der Waals surface area contributed by atoms with Gasteiger partial charge in [0, 0.05) is 25.2 Å². The number of pyridine rings is 1. The van der Waals surface area contributed by atoms with Crippen molar-refractivity contribution in [2.24, 2.45) is 0 Å². The van der Waals surface area contributed by atoms with Crippen LogP contribution in [0.25, 0.3) is 6.08 Å². The number of carbonyl (C=O) groups is 1. The Hall–Kier alpha value is -1.86. The highest BCUT2D eigenvalue weighted by Crippen LogP contribution is 2.38. The van der Waals surface area contributed by atoms with Gasteiger partial charge in [-0.3, -0.25) is 4.79 Å². The maximum Gasteiger partial charge on any atom is 0.492 e. The predicted molar refractivity (Wildman–Crippen MR) is 96.1 cm³/mol. The molecule has 24 heavy (non-hydrogen) atoms. The SMILES string of the molecule is CC(=O)NCC(=Cc1cc(C)cnc1N)B1OC(C)(C)C(C)(C)O1. The summed E-state index contributed by atoms with van der Waals surface area (Å²) in [4.78, 5) is 15.5. The van der Waals surface area contributed by atoms with Crippen LogP contribution < -0.4 is 11.1 Å². The van der Waals surface area contributed by atoms with Gasteiger partial charge in [-0.15, -0.1) is 0 Å². The summed E-state index contributed by atoms with van der Waals surface area (Å²) in [6, 6.07) is 1.95. The van der Waals surface area contributed by atoms with E-state index in [-0.39, 0.29) is 5.91 Å². The van der Waals surface area contributed by atoms with E-state index in [1.54, 1.807) is 6.20 Å². The molecule has 1 aromatic rings. The molecule has 130 valence electrons. The Bertz CT molecular complexity index is 655. The lowest BCUT2D eigenvalue weighted by atomic mass is 9.77. The lowest BCUT2D eigenvalue weighted by molar-refractivity contribution is -0.118. The van der Waals surface area contributed by atoms with Crippen molar-refractivity contribution in [1.82, 2.24) is 10.3 Å². The highest BCUT2D eigenvalue weighted by atomic mass is 16.7. The fraction of sp³-hybridized carbons (Fsp3) is 0.529. The number of nitrogens with zero attached hydrogens (tertiary/aromatic N) is 1. The molecule has 1 aromatic heterocycles. The zero-order valence-corrected chi connectivity index (χ0v) is 15.3. The number of carbonyl (C=O) groups excluding carboxylic acids is 1. The van der Waals surface area contributed by atoms with Gasteiger partial charge in [0.15, 0.2) is 0 Å². The van der Waals surface area contributed by atoms with Crippen molar-refractivity contribution in [2.75, 3.05) is 12.3 Å². The minimum atomic E-state index is -0.554. The van der Waals surface area contributed by atoms with Crippen LogP contribution in [0.4, 0.5) is 5.82 Å². The van der Waals surface area contributed by atoms with Crippen molar-refractivity contribution < 1.29 is 14.1 Å². The molecule has 0 aromatic carbocycles. The Morgan fingerprint density at radius 1 is 1.33 bits per heavy atom. The summed E-state index contributed by atoms with van der Waals surface area (Å²) < 4.78 is 12.2. The van der Waals surface area contributed by atoms with E-state index in [4.69, 9.17) is 15.0 Å². The monoisotopic (exact) mass is 331 g/mol. The molecule has 2 heterocycles. The minimum absolute atomic E-state index is 0.118. The zero-order chi connectivity index (χ0) is 18.1. The number of nitrogen functional groups attached to an aromatic ring is 1. The standard InChI is InChI=1S/C17H26BN3O3/c1-11-7-13(15(19)21-9-11)8-14(10-20-12(2)22)18-23-16(3,4)17(5,6)24-18/h7-9H,10H2,1-6H3,(H2,19,21)(H,20,22). The topological polar surface area (TPSA) is 86.5 Å². The first-order valence-corrected chi connectivity index (χ1v) is 8.04. The van der Waals surface area contributed by atoms with E-state index in [9.17, 15) is 4.79 Å². The molecule has 7 heteroatoms. The van der Waals surface area contributed by atoms with Gasteiger partial charge >= 0.3 is 7.12 Å². The van der Waals surface area contributed by atoms with E-state index in [1.165, 1.54) is 6.92 Å². The number of hydrogen-bond donors (Lipinski definition) is 2. The molecule has 0 atom stereocenters. The van der Waals surface area contributed by atoms with Gasteiger partial charge in [-0.1, -0.05) is 6.08 Å². The average molecular weight is 331 g/mol. The number of amides is 1. The van der Waals surface area contributed by atoms with Crippen LogP contribution in [0.1, 0.15) is 45.7 Å². The summed E-state index contributed by atoms with van der Waals surface area (Å²) in [7, 11) is -0.554. The van der Waals surface area contributed by atoms with Gasteiger partial charge in [-0.05, 0) is 51.7 Å². The normalized spacial score (nSPS) is 19.4. The second-order valence-electron chi connectivity index (χ2n) is 7.20. The van der Waals surface area contributed by atoms with Gasteiger partial charge in [0.05, 0.1) is 11.2 Å². The number of nitrogens with one attached hydrogen (secondary N) is 1. The Labute approximate surface area is 144 Å². The summed E-state index contributed by atoms with van der Waals surface area (Å²) in [5.74, 6) is 0.310. The van der Waals surface area contributed by atoms with E-state index in [0.717, 1.165) is 16.6 Å². The third-order valence-corrected chi connectivity index (χ3v) is 4.52. The molecular formula is C17H26BN3O3. The van der Waals surface area contributed by atoms with Crippen molar-refractivity contribution in [2.45, 2.75) is 52.7 Å². The third-order valence-electron chi connectivity index (χ3n) is 4.52. The van der Waals surface area contributed by atoms with Gasteiger partial charge in [0.2, 0.25) is 5.91 Å². The second kappa shape index (κ2) is 6.57. The number of aromatic nitrogens is 1. The molecule has 1 saturated heterocycles. The predicted octanol–water partition coefficient (Wildman–Crippen LogP) is 2.12. The average Bonchev–Trinajstić information content (AvgIpc) is 2.66. The maximum atomic E-state index is 11.3. The molecule has 1 aliphatic rings. The minimum Gasteiger partial charge on any atom is -0.400 e. The molecule has 0 radical (unpaired) electrons. The molecule has 0 aliphatic carbocycles. The van der Waals surface area contributed by atoms with Gasteiger partial charge in [-0.25, -0.2) is 4.98 Å². The van der Waals surface area contributed by atoms with Gasteiger partial charge in [-0.2, -0.15) is 0 Å². The van der Waals surface area contributed by atoms with Crippen molar-refractivity contribution in [3.63, 3.8) is 0 Å². The summed E-state index contributed by atoms with van der Waals surface area (Å²) in [5.41, 5.74) is 7.64. The van der Waals surface area contributed by atoms with Crippen LogP contribution in [-0.2, 0) is 14.1 Å². The molecule has 2 rings (SSSR count). The molecule has 0 saturated carbocycles. The van der Waals surface area contributed by atoms with Crippen LogP contribution in [-0.4, -0.2) is 35.8 Å². The molecule has 6 nitrogen and oxygen atoms in total. The van der Waals surface area contributed by atoms with Crippen LogP contribution in [0.5, 0.6) is 0 Å². The van der Waals surface area contributed by atoms with Crippen molar-refractivity contribution in [3.8, 4) is 0 Å². The Kier molecular flexibility index (Phi) is 5.06. The molecule has 1 fully saturated rings. The van der Waals surface area contributed by atoms with Crippen molar-refractivity contribution in [1.29, 1.82) is 0 Å². The van der Waals surface area contributed by atoms with E-state index in [0.29, 0.717) is 12.4 Å². The van der Waals surface area contributed by atoms with Crippen LogP contribution >= 0.6 is 0 Å².